The third-order valence-corrected chi connectivity index (χ3v) is 2.49. The summed E-state index contributed by atoms with van der Waals surface area (Å²) in [6.45, 7) is 2.88. The van der Waals surface area contributed by atoms with Crippen LogP contribution in [0.1, 0.15) is 23.8 Å². The minimum atomic E-state index is -0.141. The highest BCUT2D eigenvalue weighted by molar-refractivity contribution is 6.99. The first-order chi connectivity index (χ1) is 7.13. The quantitative estimate of drug-likeness (QED) is 0.802. The molecule has 0 aliphatic heterocycles. The lowest BCUT2D eigenvalue weighted by Crippen LogP contribution is -2.41. The van der Waals surface area contributed by atoms with Crippen LogP contribution in [0.3, 0.4) is 0 Å². The predicted molar refractivity (Wildman–Crippen MR) is 60.0 cm³/mol. The third kappa shape index (κ3) is 3.93. The number of hydrogen-bond acceptors (Lipinski definition) is 5. The van der Waals surface area contributed by atoms with Crippen molar-refractivity contribution in [2.75, 3.05) is 20.6 Å². The number of aromatic nitrogens is 2. The smallest absolute Gasteiger partial charge is 0.272 e. The fraction of sp³-hybridized carbons (Fsp3) is 0.667. The third-order valence-electron chi connectivity index (χ3n) is 2.01. The molecule has 1 aromatic heterocycles. The summed E-state index contributed by atoms with van der Waals surface area (Å²) < 4.78 is 7.68. The van der Waals surface area contributed by atoms with Crippen molar-refractivity contribution in [1.29, 1.82) is 0 Å². The largest absolute Gasteiger partial charge is 0.347 e. The van der Waals surface area contributed by atoms with E-state index >= 15 is 0 Å². The molecule has 1 rings (SSSR count). The molecule has 1 amide bonds. The SMILES string of the molecule is CC[C@H](CN(C)C)NC(=O)c1cnsn1. The highest BCUT2D eigenvalue weighted by Crippen LogP contribution is 1.98. The van der Waals surface area contributed by atoms with E-state index in [1.54, 1.807) is 0 Å². The maximum Gasteiger partial charge on any atom is 0.272 e. The van der Waals surface area contributed by atoms with E-state index in [9.17, 15) is 4.79 Å². The molecular formula is C9H16N4OS. The van der Waals surface area contributed by atoms with Crippen molar-refractivity contribution in [3.8, 4) is 0 Å². The van der Waals surface area contributed by atoms with E-state index < -0.39 is 0 Å². The number of amides is 1. The van der Waals surface area contributed by atoms with E-state index in [4.69, 9.17) is 0 Å². The number of rotatable bonds is 5. The maximum absolute atomic E-state index is 11.6. The van der Waals surface area contributed by atoms with Crippen molar-refractivity contribution < 1.29 is 4.79 Å². The van der Waals surface area contributed by atoms with Gasteiger partial charge in [-0.2, -0.15) is 8.75 Å². The Balaban J connectivity index is 2.48. The van der Waals surface area contributed by atoms with Crippen molar-refractivity contribution in [1.82, 2.24) is 19.0 Å². The molecule has 0 bridgehead atoms. The van der Waals surface area contributed by atoms with Crippen LogP contribution >= 0.6 is 11.7 Å². The summed E-state index contributed by atoms with van der Waals surface area (Å²) >= 11 is 1.05. The zero-order chi connectivity index (χ0) is 11.3. The van der Waals surface area contributed by atoms with Gasteiger partial charge in [0.05, 0.1) is 17.9 Å². The number of nitrogens with one attached hydrogen (secondary N) is 1. The van der Waals surface area contributed by atoms with E-state index in [1.165, 1.54) is 6.20 Å². The summed E-state index contributed by atoms with van der Waals surface area (Å²) in [4.78, 5) is 13.7. The molecule has 0 aliphatic carbocycles. The Morgan fingerprint density at radius 2 is 2.40 bits per heavy atom. The second-order valence-corrected chi connectivity index (χ2v) is 4.19. The van der Waals surface area contributed by atoms with Crippen molar-refractivity contribution in [2.24, 2.45) is 0 Å². The first-order valence-corrected chi connectivity index (χ1v) is 5.59. The van der Waals surface area contributed by atoms with Gasteiger partial charge in [-0.25, -0.2) is 0 Å². The van der Waals surface area contributed by atoms with E-state index in [0.717, 1.165) is 24.7 Å². The van der Waals surface area contributed by atoms with Crippen LogP contribution < -0.4 is 5.32 Å². The highest BCUT2D eigenvalue weighted by Gasteiger charge is 2.14. The fourth-order valence-corrected chi connectivity index (χ4v) is 1.65. The van der Waals surface area contributed by atoms with E-state index in [1.807, 2.05) is 25.9 Å². The molecule has 1 aromatic rings. The molecule has 0 unspecified atom stereocenters. The number of carbonyl (C=O) groups excluding carboxylic acids is 1. The zero-order valence-electron chi connectivity index (χ0n) is 9.23. The van der Waals surface area contributed by atoms with Gasteiger partial charge in [0, 0.05) is 12.6 Å². The molecule has 0 aliphatic rings. The highest BCUT2D eigenvalue weighted by atomic mass is 32.1. The lowest BCUT2D eigenvalue weighted by Gasteiger charge is -2.20. The molecule has 0 spiro atoms. The Hall–Kier alpha value is -1.01. The van der Waals surface area contributed by atoms with E-state index in [-0.39, 0.29) is 11.9 Å². The average Bonchev–Trinajstić information content (AvgIpc) is 2.68. The van der Waals surface area contributed by atoms with Gasteiger partial charge in [-0.15, -0.1) is 0 Å². The van der Waals surface area contributed by atoms with Crippen molar-refractivity contribution in [3.63, 3.8) is 0 Å². The fourth-order valence-electron chi connectivity index (χ4n) is 1.24. The molecule has 0 aromatic carbocycles. The maximum atomic E-state index is 11.6. The molecule has 0 fully saturated rings. The first-order valence-electron chi connectivity index (χ1n) is 4.86. The molecule has 6 heteroatoms. The van der Waals surface area contributed by atoms with Crippen LogP contribution in [0.4, 0.5) is 0 Å². The predicted octanol–water partition coefficient (Wildman–Crippen LogP) is 0.608. The summed E-state index contributed by atoms with van der Waals surface area (Å²) in [5.41, 5.74) is 0.400. The minimum Gasteiger partial charge on any atom is -0.347 e. The number of carbonyl (C=O) groups is 1. The van der Waals surface area contributed by atoms with Crippen molar-refractivity contribution >= 4 is 17.6 Å². The normalized spacial score (nSPS) is 12.8. The summed E-state index contributed by atoms with van der Waals surface area (Å²) in [7, 11) is 3.97. The summed E-state index contributed by atoms with van der Waals surface area (Å²) in [5.74, 6) is -0.141. The van der Waals surface area contributed by atoms with Gasteiger partial charge in [0.1, 0.15) is 0 Å². The van der Waals surface area contributed by atoms with Crippen LogP contribution in [-0.2, 0) is 0 Å². The molecule has 84 valence electrons. The van der Waals surface area contributed by atoms with Gasteiger partial charge in [0.25, 0.3) is 5.91 Å². The molecular weight excluding hydrogens is 212 g/mol. The van der Waals surface area contributed by atoms with Crippen LogP contribution in [0.15, 0.2) is 6.20 Å². The molecule has 1 N–H and O–H groups in total. The molecule has 1 heterocycles. The lowest BCUT2D eigenvalue weighted by molar-refractivity contribution is 0.0925. The summed E-state index contributed by atoms with van der Waals surface area (Å²) in [6, 6.07) is 0.161. The Morgan fingerprint density at radius 1 is 1.67 bits per heavy atom. The van der Waals surface area contributed by atoms with Crippen LogP contribution in [0.2, 0.25) is 0 Å². The van der Waals surface area contributed by atoms with Gasteiger partial charge >= 0.3 is 0 Å². The van der Waals surface area contributed by atoms with Gasteiger partial charge in [-0.1, -0.05) is 6.92 Å². The monoisotopic (exact) mass is 228 g/mol. The average molecular weight is 228 g/mol. The van der Waals surface area contributed by atoms with Crippen LogP contribution in [0, 0.1) is 0 Å². The van der Waals surface area contributed by atoms with Crippen molar-refractivity contribution in [2.45, 2.75) is 19.4 Å². The van der Waals surface area contributed by atoms with Gasteiger partial charge in [-0.3, -0.25) is 4.79 Å². The van der Waals surface area contributed by atoms with Gasteiger partial charge in [0.15, 0.2) is 5.69 Å². The van der Waals surface area contributed by atoms with Crippen LogP contribution in [0.5, 0.6) is 0 Å². The van der Waals surface area contributed by atoms with Crippen LogP contribution in [0.25, 0.3) is 0 Å². The van der Waals surface area contributed by atoms with Crippen molar-refractivity contribution in [3.05, 3.63) is 11.9 Å². The van der Waals surface area contributed by atoms with Gasteiger partial charge < -0.3 is 10.2 Å². The minimum absolute atomic E-state index is 0.141. The number of likely N-dealkylation sites (N-methyl/N-ethyl adjacent to an activating group) is 1. The molecule has 0 saturated carbocycles. The summed E-state index contributed by atoms with van der Waals surface area (Å²) in [5, 5.41) is 2.92. The second-order valence-electron chi connectivity index (χ2n) is 3.63. The van der Waals surface area contributed by atoms with E-state index in [2.05, 4.69) is 14.1 Å². The molecule has 5 nitrogen and oxygen atoms in total. The Bertz CT molecular complexity index is 299. The molecule has 0 saturated heterocycles. The lowest BCUT2D eigenvalue weighted by atomic mass is 10.2. The van der Waals surface area contributed by atoms with E-state index in [0.29, 0.717) is 5.69 Å². The van der Waals surface area contributed by atoms with Crippen LogP contribution in [-0.4, -0.2) is 46.2 Å². The summed E-state index contributed by atoms with van der Waals surface area (Å²) in [6.07, 6.45) is 2.39. The van der Waals surface area contributed by atoms with Gasteiger partial charge in [0.2, 0.25) is 0 Å². The molecule has 15 heavy (non-hydrogen) atoms. The standard InChI is InChI=1S/C9H16N4OS/c1-4-7(6-13(2)3)11-9(14)8-5-10-15-12-8/h5,7H,4,6H2,1-3H3,(H,11,14)/t7-/m1/s1. The zero-order valence-corrected chi connectivity index (χ0v) is 10.0. The Morgan fingerprint density at radius 3 is 2.87 bits per heavy atom. The molecule has 1 atom stereocenters. The number of hydrogen-bond donors (Lipinski definition) is 1. The molecule has 0 radical (unpaired) electrons. The Labute approximate surface area is 93.8 Å². The number of nitrogens with zero attached hydrogens (tertiary/aromatic N) is 3. The second kappa shape index (κ2) is 5.77. The first kappa shape index (κ1) is 12.1. The Kier molecular flexibility index (Phi) is 4.64. The topological polar surface area (TPSA) is 58.1 Å². The van der Waals surface area contributed by atoms with Gasteiger partial charge in [-0.05, 0) is 20.5 Å².